The van der Waals surface area contributed by atoms with Crippen molar-refractivity contribution in [2.24, 2.45) is 5.92 Å². The lowest BCUT2D eigenvalue weighted by molar-refractivity contribution is 0.112. The molecule has 0 aromatic heterocycles. The molecule has 1 aliphatic rings. The fraction of sp³-hybridized carbons (Fsp3) is 0.625. The summed E-state index contributed by atoms with van der Waals surface area (Å²) in [6.45, 7) is 10.3. The summed E-state index contributed by atoms with van der Waals surface area (Å²) in [5.74, 6) is 0.725. The van der Waals surface area contributed by atoms with Gasteiger partial charge in [0.25, 0.3) is 0 Å². The van der Waals surface area contributed by atoms with E-state index in [4.69, 9.17) is 0 Å². The Kier molecular flexibility index (Phi) is 5.43. The first-order valence-electron chi connectivity index (χ1n) is 7.34. The smallest absolute Gasteiger partial charge is 0.0320 e. The molecule has 1 fully saturated rings. The Hall–Kier alpha value is -0.380. The van der Waals surface area contributed by atoms with Crippen molar-refractivity contribution in [1.82, 2.24) is 10.2 Å². The molecule has 1 saturated heterocycles. The number of halogens is 1. The Morgan fingerprint density at radius 1 is 1.47 bits per heavy atom. The van der Waals surface area contributed by atoms with Crippen molar-refractivity contribution in [3.63, 3.8) is 0 Å². The number of nitrogens with one attached hydrogen (secondary N) is 1. The van der Waals surface area contributed by atoms with Crippen LogP contribution in [0, 0.1) is 5.92 Å². The largest absolute Gasteiger partial charge is 0.314 e. The van der Waals surface area contributed by atoms with Crippen molar-refractivity contribution >= 4 is 15.9 Å². The highest BCUT2D eigenvalue weighted by Crippen LogP contribution is 2.28. The van der Waals surface area contributed by atoms with Crippen LogP contribution in [0.15, 0.2) is 28.7 Å². The Bertz CT molecular complexity index is 407. The van der Waals surface area contributed by atoms with E-state index in [1.807, 2.05) is 0 Å². The summed E-state index contributed by atoms with van der Waals surface area (Å²) in [5.41, 5.74) is 1.41. The maximum Gasteiger partial charge on any atom is 0.0320 e. The number of likely N-dealkylation sites (tertiary alicyclic amines) is 1. The van der Waals surface area contributed by atoms with Gasteiger partial charge >= 0.3 is 0 Å². The zero-order valence-corrected chi connectivity index (χ0v) is 13.8. The minimum Gasteiger partial charge on any atom is -0.314 e. The summed E-state index contributed by atoms with van der Waals surface area (Å²) in [4.78, 5) is 2.61. The van der Waals surface area contributed by atoms with Gasteiger partial charge < -0.3 is 5.32 Å². The second-order valence-corrected chi connectivity index (χ2v) is 6.57. The van der Waals surface area contributed by atoms with Crippen LogP contribution in [-0.2, 0) is 0 Å². The molecule has 2 nitrogen and oxygen atoms in total. The maximum absolute atomic E-state index is 3.61. The molecule has 0 amide bonds. The first-order valence-corrected chi connectivity index (χ1v) is 8.14. The van der Waals surface area contributed by atoms with Gasteiger partial charge in [-0.15, -0.1) is 0 Å². The van der Waals surface area contributed by atoms with Gasteiger partial charge in [-0.2, -0.15) is 0 Å². The molecule has 0 spiro atoms. The van der Waals surface area contributed by atoms with Crippen LogP contribution in [0.2, 0.25) is 0 Å². The van der Waals surface area contributed by atoms with Crippen molar-refractivity contribution in [2.45, 2.75) is 39.3 Å². The molecular weight excluding hydrogens is 300 g/mol. The highest BCUT2D eigenvalue weighted by Gasteiger charge is 2.28. The second-order valence-electron chi connectivity index (χ2n) is 5.66. The molecule has 0 saturated carbocycles. The Morgan fingerprint density at radius 3 is 2.89 bits per heavy atom. The lowest BCUT2D eigenvalue weighted by Crippen LogP contribution is -2.48. The summed E-state index contributed by atoms with van der Waals surface area (Å²) in [6.07, 6.45) is 1.26. The summed E-state index contributed by atoms with van der Waals surface area (Å²) < 4.78 is 1.17. The molecule has 1 heterocycles. The molecule has 0 radical (unpaired) electrons. The first-order chi connectivity index (χ1) is 9.11. The van der Waals surface area contributed by atoms with Crippen molar-refractivity contribution in [1.29, 1.82) is 0 Å². The average molecular weight is 325 g/mol. The number of benzene rings is 1. The van der Waals surface area contributed by atoms with Gasteiger partial charge in [0.15, 0.2) is 0 Å². The summed E-state index contributed by atoms with van der Waals surface area (Å²) in [5, 5.41) is 3.61. The van der Waals surface area contributed by atoms with Gasteiger partial charge in [-0.25, -0.2) is 0 Å². The molecule has 106 valence electrons. The van der Waals surface area contributed by atoms with E-state index in [-0.39, 0.29) is 0 Å². The normalized spacial score (nSPS) is 26.3. The standard InChI is InChI=1S/C16H25BrN2/c1-4-18-16-8-9-19(11-12(16)2)13(3)14-6-5-7-15(17)10-14/h5-7,10,12-13,16,18H,4,8-9,11H2,1-3H3. The monoisotopic (exact) mass is 324 g/mol. The van der Waals surface area contributed by atoms with Crippen molar-refractivity contribution < 1.29 is 0 Å². The van der Waals surface area contributed by atoms with E-state index < -0.39 is 0 Å². The third-order valence-corrected chi connectivity index (χ3v) is 4.78. The van der Waals surface area contributed by atoms with Gasteiger partial charge in [-0.1, -0.05) is 41.9 Å². The van der Waals surface area contributed by atoms with Crippen LogP contribution >= 0.6 is 15.9 Å². The van der Waals surface area contributed by atoms with Crippen LogP contribution in [0.25, 0.3) is 0 Å². The topological polar surface area (TPSA) is 15.3 Å². The van der Waals surface area contributed by atoms with Gasteiger partial charge in [0.1, 0.15) is 0 Å². The van der Waals surface area contributed by atoms with Crippen molar-refractivity contribution in [3.8, 4) is 0 Å². The van der Waals surface area contributed by atoms with Gasteiger partial charge in [-0.3, -0.25) is 4.90 Å². The van der Waals surface area contributed by atoms with E-state index in [2.05, 4.69) is 71.2 Å². The van der Waals surface area contributed by atoms with Gasteiger partial charge in [0.2, 0.25) is 0 Å². The molecule has 0 aliphatic carbocycles. The van der Waals surface area contributed by atoms with Crippen LogP contribution < -0.4 is 5.32 Å². The fourth-order valence-corrected chi connectivity index (χ4v) is 3.49. The van der Waals surface area contributed by atoms with E-state index in [1.165, 1.54) is 29.5 Å². The summed E-state index contributed by atoms with van der Waals surface area (Å²) in [6, 6.07) is 9.89. The Balaban J connectivity index is 2.00. The molecule has 1 aromatic carbocycles. The second kappa shape index (κ2) is 6.87. The quantitative estimate of drug-likeness (QED) is 0.905. The van der Waals surface area contributed by atoms with E-state index in [0.29, 0.717) is 12.1 Å². The van der Waals surface area contributed by atoms with E-state index >= 15 is 0 Å². The van der Waals surface area contributed by atoms with E-state index in [9.17, 15) is 0 Å². The molecule has 1 N–H and O–H groups in total. The Labute approximate surface area is 125 Å². The number of hydrogen-bond acceptors (Lipinski definition) is 2. The summed E-state index contributed by atoms with van der Waals surface area (Å²) in [7, 11) is 0. The lowest BCUT2D eigenvalue weighted by Gasteiger charge is -2.40. The molecule has 1 aliphatic heterocycles. The lowest BCUT2D eigenvalue weighted by atomic mass is 9.92. The predicted molar refractivity (Wildman–Crippen MR) is 85.4 cm³/mol. The summed E-state index contributed by atoms with van der Waals surface area (Å²) >= 11 is 3.57. The third kappa shape index (κ3) is 3.80. The van der Waals surface area contributed by atoms with Gasteiger partial charge in [0.05, 0.1) is 0 Å². The van der Waals surface area contributed by atoms with E-state index in [0.717, 1.165) is 12.5 Å². The minimum absolute atomic E-state index is 0.502. The van der Waals surface area contributed by atoms with Crippen LogP contribution in [0.3, 0.4) is 0 Å². The predicted octanol–water partition coefficient (Wildman–Crippen LogP) is 3.83. The van der Waals surface area contributed by atoms with Crippen LogP contribution in [0.5, 0.6) is 0 Å². The van der Waals surface area contributed by atoms with E-state index in [1.54, 1.807) is 0 Å². The van der Waals surface area contributed by atoms with Crippen molar-refractivity contribution in [3.05, 3.63) is 34.3 Å². The zero-order chi connectivity index (χ0) is 13.8. The molecule has 3 atom stereocenters. The molecule has 1 aromatic rings. The minimum atomic E-state index is 0.502. The van der Waals surface area contributed by atoms with Crippen LogP contribution in [-0.4, -0.2) is 30.6 Å². The molecular formula is C16H25BrN2. The number of hydrogen-bond donors (Lipinski definition) is 1. The highest BCUT2D eigenvalue weighted by molar-refractivity contribution is 9.10. The molecule has 3 unspecified atom stereocenters. The molecule has 3 heteroatoms. The first kappa shape index (κ1) is 15.0. The molecule has 19 heavy (non-hydrogen) atoms. The SMILES string of the molecule is CCNC1CCN(C(C)c2cccc(Br)c2)CC1C. The average Bonchev–Trinajstić information content (AvgIpc) is 2.40. The maximum atomic E-state index is 3.61. The van der Waals surface area contributed by atoms with Crippen molar-refractivity contribution in [2.75, 3.05) is 19.6 Å². The van der Waals surface area contributed by atoms with Crippen LogP contribution in [0.4, 0.5) is 0 Å². The number of rotatable bonds is 4. The molecule has 2 rings (SSSR count). The Morgan fingerprint density at radius 2 is 2.26 bits per heavy atom. The fourth-order valence-electron chi connectivity index (χ4n) is 3.07. The number of piperidine rings is 1. The van der Waals surface area contributed by atoms with Crippen LogP contribution in [0.1, 0.15) is 38.8 Å². The molecule has 0 bridgehead atoms. The number of nitrogens with zero attached hydrogens (tertiary/aromatic N) is 1. The third-order valence-electron chi connectivity index (χ3n) is 4.28. The van der Waals surface area contributed by atoms with Gasteiger partial charge in [0, 0.05) is 29.6 Å². The highest BCUT2D eigenvalue weighted by atomic mass is 79.9. The van der Waals surface area contributed by atoms with Gasteiger partial charge in [-0.05, 0) is 43.5 Å². The zero-order valence-electron chi connectivity index (χ0n) is 12.2.